The molecule has 2 unspecified atom stereocenters. The zero-order valence-electron chi connectivity index (χ0n) is 11.6. The van der Waals surface area contributed by atoms with E-state index in [1.807, 2.05) is 67.6 Å². The van der Waals surface area contributed by atoms with Crippen molar-refractivity contribution in [3.63, 3.8) is 0 Å². The summed E-state index contributed by atoms with van der Waals surface area (Å²) < 4.78 is 3.99. The molecule has 2 rings (SSSR count). The number of ether oxygens (including phenoxy) is 1. The van der Waals surface area contributed by atoms with E-state index in [2.05, 4.69) is 0 Å². The van der Waals surface area contributed by atoms with Crippen molar-refractivity contribution >= 4 is 18.6 Å². The van der Waals surface area contributed by atoms with Gasteiger partial charge in [-0.1, -0.05) is 67.6 Å². The largest absolute Gasteiger partial charge is 0.468 e. The molecule has 3 heteroatoms. The highest BCUT2D eigenvalue weighted by atomic mass is 32.1. The molecule has 0 spiro atoms. The molecule has 0 aliphatic rings. The third-order valence-corrected chi connectivity index (χ3v) is 4.46. The molecular formula is C17H18O2S. The number of hydrogen-bond acceptors (Lipinski definition) is 3. The summed E-state index contributed by atoms with van der Waals surface area (Å²) in [5.74, 6) is -0.453. The van der Waals surface area contributed by atoms with Crippen LogP contribution in [0.2, 0.25) is 0 Å². The maximum atomic E-state index is 12.4. The molecule has 2 aromatic rings. The molecule has 0 N–H and O–H groups in total. The van der Waals surface area contributed by atoms with Crippen molar-refractivity contribution in [2.45, 2.75) is 17.6 Å². The molecule has 0 amide bonds. The molecule has 20 heavy (non-hydrogen) atoms. The Balaban J connectivity index is 2.51. The van der Waals surface area contributed by atoms with Crippen molar-refractivity contribution in [2.75, 3.05) is 7.11 Å². The molecule has 104 valence electrons. The predicted molar refractivity (Wildman–Crippen MR) is 84.0 cm³/mol. The van der Waals surface area contributed by atoms with E-state index in [0.29, 0.717) is 0 Å². The van der Waals surface area contributed by atoms with E-state index in [4.69, 9.17) is 17.4 Å². The Bertz CT molecular complexity index is 568. The number of carbonyl (C=O) groups is 1. The van der Waals surface area contributed by atoms with Crippen LogP contribution in [0.5, 0.6) is 0 Å². The molecule has 0 fully saturated rings. The summed E-state index contributed by atoms with van der Waals surface area (Å²) in [5.41, 5.74) is 1.89. The Morgan fingerprint density at radius 1 is 1.05 bits per heavy atom. The number of thiol groups is 1. The number of carbonyl (C=O) groups excluding carboxylic acids is 1. The van der Waals surface area contributed by atoms with Crippen LogP contribution >= 0.6 is 12.6 Å². The maximum Gasteiger partial charge on any atom is 0.326 e. The first-order valence-corrected chi connectivity index (χ1v) is 6.96. The SMILES string of the molecule is COC(=O)C(S)(c1ccccc1)C(C)c1ccccc1. The summed E-state index contributed by atoms with van der Waals surface area (Å²) in [5, 5.41) is 0. The van der Waals surface area contributed by atoms with Gasteiger partial charge in [-0.15, -0.1) is 0 Å². The van der Waals surface area contributed by atoms with Gasteiger partial charge in [-0.25, -0.2) is 0 Å². The Hall–Kier alpha value is -1.74. The van der Waals surface area contributed by atoms with Crippen LogP contribution < -0.4 is 0 Å². The van der Waals surface area contributed by atoms with E-state index in [1.54, 1.807) is 0 Å². The minimum absolute atomic E-state index is 0.109. The first-order chi connectivity index (χ1) is 9.60. The third kappa shape index (κ3) is 2.59. The predicted octanol–water partition coefficient (Wildman–Crippen LogP) is 3.79. The number of rotatable bonds is 4. The van der Waals surface area contributed by atoms with Gasteiger partial charge in [-0.05, 0) is 11.1 Å². The maximum absolute atomic E-state index is 12.4. The minimum atomic E-state index is -1.00. The summed E-state index contributed by atoms with van der Waals surface area (Å²) in [4.78, 5) is 12.4. The zero-order chi connectivity index (χ0) is 14.6. The van der Waals surface area contributed by atoms with Crippen LogP contribution in [0.3, 0.4) is 0 Å². The average Bonchev–Trinajstić information content (AvgIpc) is 2.54. The van der Waals surface area contributed by atoms with Crippen molar-refractivity contribution in [3.8, 4) is 0 Å². The number of esters is 1. The first-order valence-electron chi connectivity index (χ1n) is 6.52. The van der Waals surface area contributed by atoms with E-state index in [0.717, 1.165) is 11.1 Å². The van der Waals surface area contributed by atoms with Crippen LogP contribution in [0, 0.1) is 0 Å². The smallest absolute Gasteiger partial charge is 0.326 e. The molecule has 0 aliphatic heterocycles. The summed E-state index contributed by atoms with van der Waals surface area (Å²) in [6, 6.07) is 19.4. The molecule has 2 atom stereocenters. The fourth-order valence-electron chi connectivity index (χ4n) is 2.38. The lowest BCUT2D eigenvalue weighted by Gasteiger charge is -2.32. The summed E-state index contributed by atoms with van der Waals surface area (Å²) in [6.07, 6.45) is 0. The second-order valence-electron chi connectivity index (χ2n) is 4.76. The van der Waals surface area contributed by atoms with E-state index >= 15 is 0 Å². The number of hydrogen-bond donors (Lipinski definition) is 1. The van der Waals surface area contributed by atoms with Crippen LogP contribution in [-0.2, 0) is 14.3 Å². The van der Waals surface area contributed by atoms with Crippen LogP contribution in [0.4, 0.5) is 0 Å². The normalized spacial score (nSPS) is 15.2. The molecule has 0 radical (unpaired) electrons. The summed E-state index contributed by atoms with van der Waals surface area (Å²) in [7, 11) is 1.40. The van der Waals surface area contributed by atoms with Crippen LogP contribution in [0.15, 0.2) is 60.7 Å². The van der Waals surface area contributed by atoms with Crippen molar-refractivity contribution < 1.29 is 9.53 Å². The molecular weight excluding hydrogens is 268 g/mol. The number of benzene rings is 2. The van der Waals surface area contributed by atoms with E-state index in [9.17, 15) is 4.79 Å². The van der Waals surface area contributed by atoms with Crippen molar-refractivity contribution in [1.29, 1.82) is 0 Å². The fraction of sp³-hybridized carbons (Fsp3) is 0.235. The van der Waals surface area contributed by atoms with E-state index < -0.39 is 4.75 Å². The van der Waals surface area contributed by atoms with Crippen molar-refractivity contribution in [3.05, 3.63) is 71.8 Å². The van der Waals surface area contributed by atoms with Gasteiger partial charge >= 0.3 is 5.97 Å². The lowest BCUT2D eigenvalue weighted by atomic mass is 9.81. The molecule has 0 aliphatic carbocycles. The summed E-state index contributed by atoms with van der Waals surface area (Å²) >= 11 is 4.71. The Kier molecular flexibility index (Phi) is 4.50. The van der Waals surface area contributed by atoms with Crippen LogP contribution in [-0.4, -0.2) is 13.1 Å². The highest BCUT2D eigenvalue weighted by Gasteiger charge is 2.43. The lowest BCUT2D eigenvalue weighted by Crippen LogP contribution is -2.36. The quantitative estimate of drug-likeness (QED) is 0.683. The van der Waals surface area contributed by atoms with Gasteiger partial charge in [-0.3, -0.25) is 4.79 Å². The third-order valence-electron chi connectivity index (χ3n) is 3.64. The highest BCUT2D eigenvalue weighted by molar-refractivity contribution is 7.82. The molecule has 2 nitrogen and oxygen atoms in total. The van der Waals surface area contributed by atoms with Crippen LogP contribution in [0.1, 0.15) is 24.0 Å². The molecule has 0 saturated carbocycles. The van der Waals surface area contributed by atoms with E-state index in [-0.39, 0.29) is 11.9 Å². The van der Waals surface area contributed by atoms with Crippen LogP contribution in [0.25, 0.3) is 0 Å². The molecule has 2 aromatic carbocycles. The topological polar surface area (TPSA) is 26.3 Å². The minimum Gasteiger partial charge on any atom is -0.468 e. The molecule has 0 saturated heterocycles. The number of methoxy groups -OCH3 is 1. The second-order valence-corrected chi connectivity index (χ2v) is 5.46. The zero-order valence-corrected chi connectivity index (χ0v) is 12.5. The van der Waals surface area contributed by atoms with Gasteiger partial charge in [0.15, 0.2) is 0 Å². The Morgan fingerprint density at radius 2 is 1.55 bits per heavy atom. The Labute approximate surface area is 125 Å². The highest BCUT2D eigenvalue weighted by Crippen LogP contribution is 2.43. The monoisotopic (exact) mass is 286 g/mol. The van der Waals surface area contributed by atoms with Gasteiger partial charge in [0.05, 0.1) is 7.11 Å². The van der Waals surface area contributed by atoms with Gasteiger partial charge in [0.2, 0.25) is 0 Å². The molecule has 0 bridgehead atoms. The fourth-order valence-corrected chi connectivity index (χ4v) is 2.76. The molecule has 0 heterocycles. The molecule has 0 aromatic heterocycles. The van der Waals surface area contributed by atoms with Crippen molar-refractivity contribution in [1.82, 2.24) is 0 Å². The summed E-state index contributed by atoms with van der Waals surface area (Å²) in [6.45, 7) is 1.99. The van der Waals surface area contributed by atoms with Gasteiger partial charge in [0, 0.05) is 5.92 Å². The van der Waals surface area contributed by atoms with Crippen molar-refractivity contribution in [2.24, 2.45) is 0 Å². The first kappa shape index (κ1) is 14.7. The second kappa shape index (κ2) is 6.14. The lowest BCUT2D eigenvalue weighted by molar-refractivity contribution is -0.144. The Morgan fingerprint density at radius 3 is 2.05 bits per heavy atom. The standard InChI is InChI=1S/C17H18O2S/c1-13(14-9-5-3-6-10-14)17(20,16(18)19-2)15-11-7-4-8-12-15/h3-13,20H,1-2H3. The average molecular weight is 286 g/mol. The van der Waals surface area contributed by atoms with Gasteiger partial charge in [0.25, 0.3) is 0 Å². The van der Waals surface area contributed by atoms with Gasteiger partial charge in [-0.2, -0.15) is 12.6 Å². The van der Waals surface area contributed by atoms with Gasteiger partial charge < -0.3 is 4.74 Å². The van der Waals surface area contributed by atoms with E-state index in [1.165, 1.54) is 7.11 Å². The van der Waals surface area contributed by atoms with Gasteiger partial charge in [0.1, 0.15) is 4.75 Å².